The number of H-pyrrole nitrogens is 1. The third-order valence-electron chi connectivity index (χ3n) is 5.21. The summed E-state index contributed by atoms with van der Waals surface area (Å²) in [5, 5.41) is 12.2. The number of benzene rings is 1. The average molecular weight is 468 g/mol. The van der Waals surface area contributed by atoms with Crippen LogP contribution in [0.1, 0.15) is 17.7 Å². The van der Waals surface area contributed by atoms with Crippen LogP contribution in [-0.4, -0.2) is 44.3 Å². The Hall–Kier alpha value is -3.90. The molecule has 33 heavy (non-hydrogen) atoms. The van der Waals surface area contributed by atoms with Crippen molar-refractivity contribution in [3.63, 3.8) is 0 Å². The monoisotopic (exact) mass is 468 g/mol. The number of hydrogen-bond donors (Lipinski definition) is 4. The van der Waals surface area contributed by atoms with Gasteiger partial charge in [0.05, 0.1) is 23.2 Å². The van der Waals surface area contributed by atoms with Crippen molar-refractivity contribution in [3.05, 3.63) is 81.9 Å². The number of nitrogens with two attached hydrogens (primary N) is 1. The Morgan fingerprint density at radius 1 is 1.24 bits per heavy atom. The number of aromatic nitrogens is 4. The molecule has 0 saturated heterocycles. The summed E-state index contributed by atoms with van der Waals surface area (Å²) in [6.07, 6.45) is 5.24. The molecule has 1 aliphatic rings. The summed E-state index contributed by atoms with van der Waals surface area (Å²) in [4.78, 5) is 36.4. The van der Waals surface area contributed by atoms with Crippen molar-refractivity contribution in [2.45, 2.75) is 23.6 Å². The van der Waals surface area contributed by atoms with Gasteiger partial charge in [-0.15, -0.1) is 0 Å². The molecule has 3 aromatic rings. The van der Waals surface area contributed by atoms with Gasteiger partial charge < -0.3 is 10.8 Å². The number of sulfone groups is 1. The Morgan fingerprint density at radius 3 is 2.67 bits per heavy atom. The fourth-order valence-electron chi connectivity index (χ4n) is 3.47. The van der Waals surface area contributed by atoms with Gasteiger partial charge in [0, 0.05) is 13.0 Å². The Labute approximate surface area is 188 Å². The number of aliphatic carboxylic acids is 1. The maximum Gasteiger partial charge on any atom is 0.335 e. The van der Waals surface area contributed by atoms with Gasteiger partial charge in [-0.2, -0.15) is 4.98 Å². The highest BCUT2D eigenvalue weighted by atomic mass is 32.2. The number of hydrogen-bond acceptors (Lipinski definition) is 9. The van der Waals surface area contributed by atoms with E-state index in [1.54, 1.807) is 30.3 Å². The molecule has 2 heterocycles. The fourth-order valence-corrected chi connectivity index (χ4v) is 5.26. The summed E-state index contributed by atoms with van der Waals surface area (Å²) in [5.74, 6) is -1.49. The molecule has 1 aliphatic carbocycles. The number of aromatic amines is 1. The summed E-state index contributed by atoms with van der Waals surface area (Å²) in [5.41, 5.74) is 5.89. The average Bonchev–Trinajstić information content (AvgIpc) is 2.78. The minimum Gasteiger partial charge on any atom is -0.478 e. The van der Waals surface area contributed by atoms with Crippen LogP contribution in [0.15, 0.2) is 65.1 Å². The molecule has 0 spiro atoms. The molecule has 0 amide bonds. The molecule has 0 aliphatic heterocycles. The van der Waals surface area contributed by atoms with Crippen LogP contribution >= 0.6 is 0 Å². The predicted molar refractivity (Wildman–Crippen MR) is 120 cm³/mol. The molecule has 0 radical (unpaired) electrons. The van der Waals surface area contributed by atoms with Crippen LogP contribution in [0.3, 0.4) is 0 Å². The van der Waals surface area contributed by atoms with Crippen molar-refractivity contribution >= 4 is 32.9 Å². The van der Waals surface area contributed by atoms with Crippen LogP contribution in [0.4, 0.5) is 5.95 Å². The third-order valence-corrected chi connectivity index (χ3v) is 7.48. The van der Waals surface area contributed by atoms with Gasteiger partial charge in [0.2, 0.25) is 5.95 Å². The highest BCUT2D eigenvalue weighted by Crippen LogP contribution is 2.30. The lowest BCUT2D eigenvalue weighted by Gasteiger charge is -2.33. The van der Waals surface area contributed by atoms with Crippen molar-refractivity contribution in [1.29, 1.82) is 0 Å². The van der Waals surface area contributed by atoms with E-state index in [0.29, 0.717) is 11.3 Å². The molecule has 170 valence electrons. The number of carbonyl (C=O) groups is 1. The number of rotatable bonds is 7. The highest BCUT2D eigenvalue weighted by Gasteiger charge is 2.42. The number of nitrogen functional groups attached to an aromatic ring is 1. The molecule has 11 nitrogen and oxygen atoms in total. The van der Waals surface area contributed by atoms with Gasteiger partial charge in [0.25, 0.3) is 5.56 Å². The normalized spacial score (nSPS) is 18.2. The van der Waals surface area contributed by atoms with E-state index in [1.165, 1.54) is 24.4 Å². The zero-order valence-corrected chi connectivity index (χ0v) is 18.0. The predicted octanol–water partition coefficient (Wildman–Crippen LogP) is 0.667. The van der Waals surface area contributed by atoms with Crippen molar-refractivity contribution in [3.8, 4) is 0 Å². The van der Waals surface area contributed by atoms with E-state index in [1.807, 2.05) is 0 Å². The van der Waals surface area contributed by atoms with Crippen LogP contribution in [0, 0.1) is 0 Å². The molecule has 0 bridgehead atoms. The van der Waals surface area contributed by atoms with Gasteiger partial charge in [0.1, 0.15) is 4.87 Å². The molecule has 12 heteroatoms. The minimum absolute atomic E-state index is 0.00281. The summed E-state index contributed by atoms with van der Waals surface area (Å²) in [7, 11) is -3.85. The van der Waals surface area contributed by atoms with Crippen LogP contribution in [-0.2, 0) is 26.9 Å². The number of nitrogens with one attached hydrogen (secondary N) is 2. The smallest absolute Gasteiger partial charge is 0.335 e. The van der Waals surface area contributed by atoms with Crippen LogP contribution in [0.25, 0.3) is 11.2 Å². The largest absolute Gasteiger partial charge is 0.478 e. The molecular formula is C21H20N6O5S. The number of anilines is 1. The van der Waals surface area contributed by atoms with Gasteiger partial charge in [-0.3, -0.25) is 15.1 Å². The van der Waals surface area contributed by atoms with Gasteiger partial charge in [0.15, 0.2) is 21.0 Å². The van der Waals surface area contributed by atoms with E-state index in [4.69, 9.17) is 5.73 Å². The number of fused-ring (bicyclic) bond motifs is 1. The number of nitrogens with zero attached hydrogens (tertiary/aromatic N) is 3. The third kappa shape index (κ3) is 4.52. The van der Waals surface area contributed by atoms with Crippen LogP contribution in [0.5, 0.6) is 0 Å². The van der Waals surface area contributed by atoms with E-state index >= 15 is 0 Å². The van der Waals surface area contributed by atoms with Crippen LogP contribution < -0.4 is 16.6 Å². The minimum atomic E-state index is -3.85. The SMILES string of the molecule is Nc1nc2ncc(CNC3(S(=O)(=O)Cc4ccccc4)C=CC(C(=O)O)=CC3)nc2c(=O)[nH]1. The molecule has 1 aromatic carbocycles. The lowest BCUT2D eigenvalue weighted by molar-refractivity contribution is -0.132. The second-order valence-corrected chi connectivity index (χ2v) is 9.72. The first-order chi connectivity index (χ1) is 15.7. The summed E-state index contributed by atoms with van der Waals surface area (Å²) < 4.78 is 26.9. The maximum atomic E-state index is 13.5. The molecule has 1 atom stereocenters. The Morgan fingerprint density at radius 2 is 2.00 bits per heavy atom. The molecule has 0 saturated carbocycles. The fraction of sp³-hybridized carbons (Fsp3) is 0.190. The Bertz CT molecular complexity index is 1450. The van der Waals surface area contributed by atoms with E-state index in [-0.39, 0.29) is 41.4 Å². The van der Waals surface area contributed by atoms with Crippen molar-refractivity contribution < 1.29 is 18.3 Å². The van der Waals surface area contributed by atoms with Crippen molar-refractivity contribution in [1.82, 2.24) is 25.3 Å². The standard InChI is InChI=1S/C21H20N6O5S/c22-20-26-17-16(18(28)27-20)25-15(10-23-17)11-24-21(8-6-14(7-9-21)19(29)30)33(31,32)12-13-4-2-1-3-5-13/h1-8,10,24H,9,11-12H2,(H,29,30)(H3,22,23,26,27,28). The van der Waals surface area contributed by atoms with Gasteiger partial charge >= 0.3 is 5.97 Å². The second kappa shape index (κ2) is 8.56. The van der Waals surface area contributed by atoms with E-state index in [2.05, 4.69) is 25.3 Å². The van der Waals surface area contributed by atoms with E-state index in [9.17, 15) is 23.1 Å². The zero-order chi connectivity index (χ0) is 23.6. The van der Waals surface area contributed by atoms with E-state index in [0.717, 1.165) is 0 Å². The molecule has 4 rings (SSSR count). The van der Waals surface area contributed by atoms with Gasteiger partial charge in [-0.1, -0.05) is 36.4 Å². The topological polar surface area (TPSA) is 181 Å². The van der Waals surface area contributed by atoms with Crippen LogP contribution in [0.2, 0.25) is 0 Å². The summed E-state index contributed by atoms with van der Waals surface area (Å²) in [6, 6.07) is 8.68. The highest BCUT2D eigenvalue weighted by molar-refractivity contribution is 7.92. The lowest BCUT2D eigenvalue weighted by atomic mass is 10.0. The molecular weight excluding hydrogens is 448 g/mol. The first-order valence-corrected chi connectivity index (χ1v) is 11.5. The summed E-state index contributed by atoms with van der Waals surface area (Å²) >= 11 is 0. The molecule has 5 N–H and O–H groups in total. The number of carboxylic acids is 1. The maximum absolute atomic E-state index is 13.5. The number of carboxylic acid groups (broad SMARTS) is 1. The second-order valence-electron chi connectivity index (χ2n) is 7.47. The molecule has 0 fully saturated rings. The van der Waals surface area contributed by atoms with Crippen molar-refractivity contribution in [2.24, 2.45) is 0 Å². The Balaban J connectivity index is 1.66. The first kappa shape index (κ1) is 22.3. The molecule has 1 unspecified atom stereocenters. The van der Waals surface area contributed by atoms with Gasteiger partial charge in [-0.05, 0) is 17.7 Å². The summed E-state index contributed by atoms with van der Waals surface area (Å²) in [6.45, 7) is -0.0542. The quantitative estimate of drug-likeness (QED) is 0.384. The van der Waals surface area contributed by atoms with Crippen molar-refractivity contribution in [2.75, 3.05) is 5.73 Å². The first-order valence-electron chi connectivity index (χ1n) is 9.84. The van der Waals surface area contributed by atoms with E-state index < -0.39 is 26.2 Å². The van der Waals surface area contributed by atoms with Gasteiger partial charge in [-0.25, -0.2) is 23.2 Å². The molecule has 2 aromatic heterocycles. The Kier molecular flexibility index (Phi) is 5.78. The zero-order valence-electron chi connectivity index (χ0n) is 17.2. The lowest BCUT2D eigenvalue weighted by Crippen LogP contribution is -2.51.